The van der Waals surface area contributed by atoms with E-state index in [0.29, 0.717) is 40.4 Å². The number of rotatable bonds is 7. The molecule has 1 fully saturated rings. The number of H-pyrrole nitrogens is 1. The lowest BCUT2D eigenvalue weighted by Crippen LogP contribution is -2.20. The number of benzene rings is 1. The fourth-order valence-corrected chi connectivity index (χ4v) is 3.55. The Bertz CT molecular complexity index is 1100. The lowest BCUT2D eigenvalue weighted by atomic mass is 10.1. The molecule has 9 nitrogen and oxygen atoms in total. The Morgan fingerprint density at radius 1 is 1.38 bits per heavy atom. The van der Waals surface area contributed by atoms with Gasteiger partial charge in [-0.05, 0) is 55.0 Å². The van der Waals surface area contributed by atoms with Crippen molar-refractivity contribution in [2.24, 2.45) is 0 Å². The Labute approximate surface area is 171 Å². The second-order valence-corrected chi connectivity index (χ2v) is 7.74. The molecule has 0 radical (unpaired) electrons. The van der Waals surface area contributed by atoms with E-state index in [-0.39, 0.29) is 17.9 Å². The number of anilines is 1. The minimum atomic E-state index is -0.191. The van der Waals surface area contributed by atoms with E-state index in [1.165, 1.54) is 11.8 Å². The van der Waals surface area contributed by atoms with Crippen molar-refractivity contribution in [3.63, 3.8) is 0 Å². The highest BCUT2D eigenvalue weighted by Crippen LogP contribution is 2.36. The van der Waals surface area contributed by atoms with E-state index in [0.717, 1.165) is 18.4 Å². The first-order valence-electron chi connectivity index (χ1n) is 9.37. The number of aromatic amines is 1. The van der Waals surface area contributed by atoms with E-state index < -0.39 is 0 Å². The van der Waals surface area contributed by atoms with E-state index in [4.69, 9.17) is 0 Å². The molecule has 1 aliphatic rings. The van der Waals surface area contributed by atoms with Crippen molar-refractivity contribution in [1.29, 1.82) is 0 Å². The predicted octanol–water partition coefficient (Wildman–Crippen LogP) is 2.36. The van der Waals surface area contributed by atoms with Crippen LogP contribution in [-0.2, 0) is 11.2 Å². The summed E-state index contributed by atoms with van der Waals surface area (Å²) in [6.07, 6.45) is 4.53. The number of carbonyl (C=O) groups is 1. The quantitative estimate of drug-likeness (QED) is 0.452. The minimum Gasteiger partial charge on any atom is -0.326 e. The lowest BCUT2D eigenvalue weighted by molar-refractivity contribution is -0.116. The zero-order chi connectivity index (χ0) is 20.4. The van der Waals surface area contributed by atoms with Crippen LogP contribution in [0.4, 0.5) is 5.69 Å². The van der Waals surface area contributed by atoms with E-state index in [2.05, 4.69) is 30.8 Å². The van der Waals surface area contributed by atoms with Gasteiger partial charge < -0.3 is 10.3 Å². The first-order chi connectivity index (χ1) is 14.0. The average molecular weight is 411 g/mol. The summed E-state index contributed by atoms with van der Waals surface area (Å²) in [5.41, 5.74) is 2.52. The molecule has 10 heteroatoms. The molecule has 2 heterocycles. The number of hydrogen-bond donors (Lipinski definition) is 2. The van der Waals surface area contributed by atoms with Gasteiger partial charge in [0, 0.05) is 28.9 Å². The third-order valence-electron chi connectivity index (χ3n) is 4.79. The highest BCUT2D eigenvalue weighted by molar-refractivity contribution is 7.98. The SMILES string of the molecule is CSc1nc(C)c(CCC(=O)Nc2cccc(-c3nnnn3C3CC3)c2)c(=O)[nH]1. The summed E-state index contributed by atoms with van der Waals surface area (Å²) in [5, 5.41) is 15.4. The molecule has 1 amide bonds. The first kappa shape index (κ1) is 19.3. The maximum Gasteiger partial charge on any atom is 0.254 e. The number of thioether (sulfide) groups is 1. The third-order valence-corrected chi connectivity index (χ3v) is 5.37. The topological polar surface area (TPSA) is 118 Å². The normalized spacial score (nSPS) is 13.4. The monoisotopic (exact) mass is 411 g/mol. The van der Waals surface area contributed by atoms with Crippen molar-refractivity contribution < 1.29 is 4.79 Å². The average Bonchev–Trinajstić information content (AvgIpc) is 3.43. The maximum absolute atomic E-state index is 12.4. The zero-order valence-corrected chi connectivity index (χ0v) is 17.0. The summed E-state index contributed by atoms with van der Waals surface area (Å²) in [5.74, 6) is 0.530. The molecular formula is C19H21N7O2S. The summed E-state index contributed by atoms with van der Waals surface area (Å²) in [7, 11) is 0. The molecule has 2 N–H and O–H groups in total. The summed E-state index contributed by atoms with van der Waals surface area (Å²) < 4.78 is 1.83. The molecule has 0 saturated heterocycles. The Balaban J connectivity index is 1.43. The van der Waals surface area contributed by atoms with Gasteiger partial charge in [0.05, 0.1) is 6.04 Å². The van der Waals surface area contributed by atoms with Gasteiger partial charge in [0.1, 0.15) is 0 Å². The second kappa shape index (κ2) is 8.16. The summed E-state index contributed by atoms with van der Waals surface area (Å²) in [4.78, 5) is 31.7. The summed E-state index contributed by atoms with van der Waals surface area (Å²) in [6.45, 7) is 1.79. The van der Waals surface area contributed by atoms with Crippen molar-refractivity contribution in [3.8, 4) is 11.4 Å². The number of aryl methyl sites for hydroxylation is 1. The van der Waals surface area contributed by atoms with Gasteiger partial charge in [0.2, 0.25) is 5.91 Å². The number of tetrazole rings is 1. The highest BCUT2D eigenvalue weighted by Gasteiger charge is 2.28. The van der Waals surface area contributed by atoms with Crippen LogP contribution in [0.5, 0.6) is 0 Å². The van der Waals surface area contributed by atoms with Crippen molar-refractivity contribution in [2.45, 2.75) is 43.8 Å². The van der Waals surface area contributed by atoms with Crippen LogP contribution in [0.1, 0.15) is 36.6 Å². The van der Waals surface area contributed by atoms with Gasteiger partial charge in [-0.3, -0.25) is 9.59 Å². The van der Waals surface area contributed by atoms with Crippen LogP contribution in [0.15, 0.2) is 34.2 Å². The molecule has 1 saturated carbocycles. The van der Waals surface area contributed by atoms with Crippen LogP contribution >= 0.6 is 11.8 Å². The Hall–Kier alpha value is -3.01. The van der Waals surface area contributed by atoms with Crippen LogP contribution in [0.2, 0.25) is 0 Å². The van der Waals surface area contributed by atoms with E-state index in [1.807, 2.05) is 35.2 Å². The van der Waals surface area contributed by atoms with E-state index >= 15 is 0 Å². The molecule has 0 atom stereocenters. The molecular weight excluding hydrogens is 390 g/mol. The second-order valence-electron chi connectivity index (χ2n) is 6.95. The van der Waals surface area contributed by atoms with Gasteiger partial charge in [-0.1, -0.05) is 23.9 Å². The molecule has 1 aliphatic carbocycles. The number of nitrogens with one attached hydrogen (secondary N) is 2. The molecule has 3 aromatic rings. The third kappa shape index (κ3) is 4.37. The molecule has 2 aromatic heterocycles. The van der Waals surface area contributed by atoms with Gasteiger partial charge in [-0.2, -0.15) is 0 Å². The Morgan fingerprint density at radius 2 is 2.21 bits per heavy atom. The molecule has 0 bridgehead atoms. The van der Waals surface area contributed by atoms with Crippen LogP contribution < -0.4 is 10.9 Å². The smallest absolute Gasteiger partial charge is 0.254 e. The number of amides is 1. The largest absolute Gasteiger partial charge is 0.326 e. The molecule has 1 aromatic carbocycles. The van der Waals surface area contributed by atoms with Crippen molar-refractivity contribution in [2.75, 3.05) is 11.6 Å². The minimum absolute atomic E-state index is 0.170. The number of hydrogen-bond acceptors (Lipinski definition) is 7. The molecule has 150 valence electrons. The maximum atomic E-state index is 12.4. The summed E-state index contributed by atoms with van der Waals surface area (Å²) in [6, 6.07) is 7.82. The molecule has 0 unspecified atom stereocenters. The predicted molar refractivity (Wildman–Crippen MR) is 110 cm³/mol. The fraction of sp³-hybridized carbons (Fsp3) is 0.368. The van der Waals surface area contributed by atoms with Crippen molar-refractivity contribution in [1.82, 2.24) is 30.2 Å². The van der Waals surface area contributed by atoms with Crippen LogP contribution in [0.25, 0.3) is 11.4 Å². The number of nitrogens with zero attached hydrogens (tertiary/aromatic N) is 5. The standard InChI is InChI=1S/C19H21N7O2S/c1-11-15(18(28)22-19(20-11)29-2)8-9-16(27)21-13-5-3-4-12(10-13)17-23-24-25-26(17)14-6-7-14/h3-5,10,14H,6-9H2,1-2H3,(H,21,27)(H,20,22,28). The number of aromatic nitrogens is 6. The van der Waals surface area contributed by atoms with Gasteiger partial charge in [0.25, 0.3) is 5.56 Å². The zero-order valence-electron chi connectivity index (χ0n) is 16.2. The fourth-order valence-electron chi connectivity index (χ4n) is 3.12. The molecule has 0 aliphatic heterocycles. The van der Waals surface area contributed by atoms with Crippen molar-refractivity contribution >= 4 is 23.4 Å². The van der Waals surface area contributed by atoms with Crippen LogP contribution in [0.3, 0.4) is 0 Å². The van der Waals surface area contributed by atoms with Gasteiger partial charge >= 0.3 is 0 Å². The van der Waals surface area contributed by atoms with Crippen LogP contribution in [0, 0.1) is 6.92 Å². The van der Waals surface area contributed by atoms with E-state index in [1.54, 1.807) is 6.92 Å². The van der Waals surface area contributed by atoms with Crippen LogP contribution in [-0.4, -0.2) is 42.3 Å². The molecule has 4 rings (SSSR count). The number of carbonyl (C=O) groups excluding carboxylic acids is 1. The molecule has 0 spiro atoms. The molecule has 29 heavy (non-hydrogen) atoms. The van der Waals surface area contributed by atoms with Crippen molar-refractivity contribution in [3.05, 3.63) is 45.9 Å². The Morgan fingerprint density at radius 3 is 2.93 bits per heavy atom. The van der Waals surface area contributed by atoms with E-state index in [9.17, 15) is 9.59 Å². The first-order valence-corrected chi connectivity index (χ1v) is 10.6. The highest BCUT2D eigenvalue weighted by atomic mass is 32.2. The van der Waals surface area contributed by atoms with Gasteiger partial charge in [-0.25, -0.2) is 9.67 Å². The van der Waals surface area contributed by atoms with Gasteiger partial charge in [0.15, 0.2) is 11.0 Å². The summed E-state index contributed by atoms with van der Waals surface area (Å²) >= 11 is 1.38. The van der Waals surface area contributed by atoms with Gasteiger partial charge in [-0.15, -0.1) is 5.10 Å². The lowest BCUT2D eigenvalue weighted by Gasteiger charge is -2.09. The Kier molecular flexibility index (Phi) is 5.43.